The standard InChI is InChI=1S/C48H52N2O4/c1-45(2,3)33-25-31-29-17-13-15-19-35(29)49-39(31)41(37(33)47(7,8)9)53-43(51)27-21-23-28(24-22-27)44(52)54-42-38(48(10,11)12)34(46(4,5)6)26-32-30-18-14-16-20-36(30)50-40(32)42/h13-26,49-50H,1-12H3. The molecular formula is C48H52N2O4. The summed E-state index contributed by atoms with van der Waals surface area (Å²) in [5.41, 5.74) is 7.34. The number of rotatable bonds is 4. The molecule has 0 aliphatic rings. The average Bonchev–Trinajstić information content (AvgIpc) is 3.65. The number of hydrogen-bond donors (Lipinski definition) is 2. The van der Waals surface area contributed by atoms with Crippen molar-refractivity contribution in [1.82, 2.24) is 9.97 Å². The fraction of sp³-hybridized carbons (Fsp3) is 0.333. The van der Waals surface area contributed by atoms with Gasteiger partial charge in [-0.25, -0.2) is 9.59 Å². The zero-order valence-corrected chi connectivity index (χ0v) is 33.7. The number of aromatic amines is 2. The minimum Gasteiger partial charge on any atom is -0.420 e. The summed E-state index contributed by atoms with van der Waals surface area (Å²) < 4.78 is 12.8. The van der Waals surface area contributed by atoms with Crippen molar-refractivity contribution in [3.63, 3.8) is 0 Å². The van der Waals surface area contributed by atoms with Gasteiger partial charge >= 0.3 is 11.9 Å². The van der Waals surface area contributed by atoms with Crippen LogP contribution in [0, 0.1) is 0 Å². The lowest BCUT2D eigenvalue weighted by molar-refractivity contribution is 0.0719. The van der Waals surface area contributed by atoms with E-state index in [9.17, 15) is 9.59 Å². The Morgan fingerprint density at radius 2 is 0.778 bits per heavy atom. The van der Waals surface area contributed by atoms with E-state index in [0.717, 1.165) is 65.9 Å². The van der Waals surface area contributed by atoms with Crippen LogP contribution in [0.4, 0.5) is 0 Å². The highest BCUT2D eigenvalue weighted by molar-refractivity contribution is 6.12. The molecule has 7 aromatic rings. The molecule has 0 saturated carbocycles. The average molecular weight is 721 g/mol. The van der Waals surface area contributed by atoms with Crippen LogP contribution in [0.15, 0.2) is 84.9 Å². The van der Waals surface area contributed by atoms with Gasteiger partial charge in [0.25, 0.3) is 0 Å². The second-order valence-corrected chi connectivity index (χ2v) is 18.8. The molecule has 6 nitrogen and oxygen atoms in total. The normalized spacial score (nSPS) is 13.0. The third-order valence-corrected chi connectivity index (χ3v) is 10.4. The summed E-state index contributed by atoms with van der Waals surface area (Å²) in [4.78, 5) is 35.2. The van der Waals surface area contributed by atoms with Gasteiger partial charge in [-0.05, 0) is 81.3 Å². The van der Waals surface area contributed by atoms with Crippen LogP contribution in [0.1, 0.15) is 126 Å². The molecule has 5 aromatic carbocycles. The molecule has 0 bridgehead atoms. The van der Waals surface area contributed by atoms with E-state index in [4.69, 9.17) is 9.47 Å². The van der Waals surface area contributed by atoms with E-state index in [0.29, 0.717) is 22.6 Å². The molecule has 0 spiro atoms. The summed E-state index contributed by atoms with van der Waals surface area (Å²) in [7, 11) is 0. The highest BCUT2D eigenvalue weighted by atomic mass is 16.5. The summed E-state index contributed by atoms with van der Waals surface area (Å²) in [6, 6.07) is 27.4. The number of carbonyl (C=O) groups excluding carboxylic acids is 2. The second kappa shape index (κ2) is 12.6. The van der Waals surface area contributed by atoms with E-state index in [1.165, 1.54) is 0 Å². The summed E-state index contributed by atoms with van der Waals surface area (Å²) >= 11 is 0. The van der Waals surface area contributed by atoms with Crippen LogP contribution in [-0.2, 0) is 21.7 Å². The highest BCUT2D eigenvalue weighted by Crippen LogP contribution is 2.48. The zero-order valence-electron chi connectivity index (χ0n) is 33.7. The van der Waals surface area contributed by atoms with E-state index in [1.54, 1.807) is 24.3 Å². The van der Waals surface area contributed by atoms with Crippen molar-refractivity contribution in [3.05, 3.63) is 118 Å². The van der Waals surface area contributed by atoms with Gasteiger partial charge in [0, 0.05) is 43.7 Å². The molecule has 0 amide bonds. The fourth-order valence-electron chi connectivity index (χ4n) is 7.83. The maximum atomic E-state index is 14.0. The van der Waals surface area contributed by atoms with Gasteiger partial charge in [-0.2, -0.15) is 0 Å². The third-order valence-electron chi connectivity index (χ3n) is 10.4. The van der Waals surface area contributed by atoms with Crippen LogP contribution in [0.25, 0.3) is 43.6 Å². The Bertz CT molecular complexity index is 2430. The maximum absolute atomic E-state index is 14.0. The number of nitrogens with one attached hydrogen (secondary N) is 2. The molecule has 2 aromatic heterocycles. The Labute approximate surface area is 318 Å². The molecule has 2 N–H and O–H groups in total. The molecule has 0 aliphatic carbocycles. The van der Waals surface area contributed by atoms with E-state index in [1.807, 2.05) is 36.4 Å². The van der Waals surface area contributed by atoms with Crippen LogP contribution < -0.4 is 9.47 Å². The number of hydrogen-bond acceptors (Lipinski definition) is 4. The van der Waals surface area contributed by atoms with Crippen molar-refractivity contribution in [2.45, 2.75) is 105 Å². The van der Waals surface area contributed by atoms with E-state index in [-0.39, 0.29) is 21.7 Å². The van der Waals surface area contributed by atoms with Crippen molar-refractivity contribution in [3.8, 4) is 11.5 Å². The molecule has 54 heavy (non-hydrogen) atoms. The summed E-state index contributed by atoms with van der Waals surface area (Å²) in [5, 5.41) is 4.18. The highest BCUT2D eigenvalue weighted by Gasteiger charge is 2.34. The molecule has 0 atom stereocenters. The molecule has 0 unspecified atom stereocenters. The number of carbonyl (C=O) groups is 2. The number of H-pyrrole nitrogens is 2. The van der Waals surface area contributed by atoms with Gasteiger partial charge in [0.2, 0.25) is 0 Å². The molecule has 278 valence electrons. The first-order valence-electron chi connectivity index (χ1n) is 18.9. The van der Waals surface area contributed by atoms with Crippen molar-refractivity contribution >= 4 is 55.6 Å². The predicted molar refractivity (Wildman–Crippen MR) is 223 cm³/mol. The van der Waals surface area contributed by atoms with Gasteiger partial charge in [0.05, 0.1) is 22.2 Å². The summed E-state index contributed by atoms with van der Waals surface area (Å²) in [6.45, 7) is 26.0. The zero-order chi connectivity index (χ0) is 39.1. The Balaban J connectivity index is 1.28. The van der Waals surface area contributed by atoms with Gasteiger partial charge in [0.15, 0.2) is 11.5 Å². The number of fused-ring (bicyclic) bond motifs is 6. The van der Waals surface area contributed by atoms with Gasteiger partial charge < -0.3 is 19.4 Å². The van der Waals surface area contributed by atoms with Crippen LogP contribution in [0.3, 0.4) is 0 Å². The van der Waals surface area contributed by atoms with Crippen LogP contribution in [0.5, 0.6) is 11.5 Å². The van der Waals surface area contributed by atoms with Crippen molar-refractivity contribution < 1.29 is 19.1 Å². The molecular weight excluding hydrogens is 669 g/mol. The first kappa shape index (κ1) is 37.0. The van der Waals surface area contributed by atoms with Crippen LogP contribution in [0.2, 0.25) is 0 Å². The van der Waals surface area contributed by atoms with E-state index < -0.39 is 11.9 Å². The second-order valence-electron chi connectivity index (χ2n) is 18.8. The number of benzene rings is 5. The topological polar surface area (TPSA) is 84.2 Å². The smallest absolute Gasteiger partial charge is 0.343 e. The predicted octanol–water partition coefficient (Wildman–Crippen LogP) is 12.6. The number of aromatic nitrogens is 2. The molecule has 0 radical (unpaired) electrons. The Kier molecular flexibility index (Phi) is 8.64. The molecule has 0 fully saturated rings. The SMILES string of the molecule is CC(C)(C)c1cc2c([nH]c3ccccc32)c(OC(=O)c2ccc(C(=O)Oc3c(C(C)(C)C)c(C(C)(C)C)cc4c3[nH]c3ccccc34)cc2)c1C(C)(C)C. The molecule has 0 aliphatic heterocycles. The first-order valence-corrected chi connectivity index (χ1v) is 18.9. The van der Waals surface area contributed by atoms with Crippen LogP contribution >= 0.6 is 0 Å². The lowest BCUT2D eigenvalue weighted by Gasteiger charge is -2.32. The third kappa shape index (κ3) is 6.46. The number of esters is 2. The Morgan fingerprint density at radius 3 is 1.09 bits per heavy atom. The molecule has 6 heteroatoms. The van der Waals surface area contributed by atoms with Crippen molar-refractivity contribution in [2.24, 2.45) is 0 Å². The summed E-state index contributed by atoms with van der Waals surface area (Å²) in [5.74, 6) is 0.0639. The minimum absolute atomic E-state index is 0.212. The van der Waals surface area contributed by atoms with E-state index >= 15 is 0 Å². The van der Waals surface area contributed by atoms with E-state index in [2.05, 4.69) is 117 Å². The number of ether oxygens (including phenoxy) is 2. The lowest BCUT2D eigenvalue weighted by Crippen LogP contribution is -2.24. The molecule has 0 saturated heterocycles. The Hall–Kier alpha value is -5.36. The van der Waals surface area contributed by atoms with Gasteiger partial charge in [-0.3, -0.25) is 0 Å². The van der Waals surface area contributed by atoms with Crippen LogP contribution in [-0.4, -0.2) is 21.9 Å². The molecule has 2 heterocycles. The molecule has 7 rings (SSSR count). The van der Waals surface area contributed by atoms with Gasteiger partial charge in [-0.15, -0.1) is 0 Å². The summed E-state index contributed by atoms with van der Waals surface area (Å²) in [6.07, 6.45) is 0. The quantitative estimate of drug-likeness (QED) is 0.140. The lowest BCUT2D eigenvalue weighted by atomic mass is 9.74. The monoisotopic (exact) mass is 720 g/mol. The van der Waals surface area contributed by atoms with Gasteiger partial charge in [0.1, 0.15) is 0 Å². The fourth-order valence-corrected chi connectivity index (χ4v) is 7.83. The van der Waals surface area contributed by atoms with Crippen molar-refractivity contribution in [1.29, 1.82) is 0 Å². The number of para-hydroxylation sites is 2. The maximum Gasteiger partial charge on any atom is 0.343 e. The van der Waals surface area contributed by atoms with Crippen molar-refractivity contribution in [2.75, 3.05) is 0 Å². The largest absolute Gasteiger partial charge is 0.420 e. The Morgan fingerprint density at radius 1 is 0.444 bits per heavy atom. The minimum atomic E-state index is -0.501. The van der Waals surface area contributed by atoms with Gasteiger partial charge in [-0.1, -0.05) is 119 Å². The first-order chi connectivity index (χ1) is 25.1.